The van der Waals surface area contributed by atoms with Crippen molar-refractivity contribution in [3.8, 4) is 0 Å². The van der Waals surface area contributed by atoms with Gasteiger partial charge in [-0.3, -0.25) is 9.78 Å². The van der Waals surface area contributed by atoms with Gasteiger partial charge in [-0.15, -0.1) is 0 Å². The Bertz CT molecular complexity index is 364. The lowest BCUT2D eigenvalue weighted by Gasteiger charge is -2.12. The number of anilines is 1. The van der Waals surface area contributed by atoms with Crippen LogP contribution in [-0.4, -0.2) is 24.1 Å². The van der Waals surface area contributed by atoms with Gasteiger partial charge in [-0.2, -0.15) is 0 Å². The number of rotatable bonds is 3. The van der Waals surface area contributed by atoms with Crippen LogP contribution in [0, 0.1) is 13.8 Å². The molecule has 15 heavy (non-hydrogen) atoms. The number of nitrogens with one attached hydrogen (secondary N) is 1. The zero-order valence-electron chi connectivity index (χ0n) is 9.50. The van der Waals surface area contributed by atoms with E-state index in [1.54, 1.807) is 6.92 Å². The van der Waals surface area contributed by atoms with Crippen LogP contribution in [0.5, 0.6) is 0 Å². The Hall–Kier alpha value is -1.42. The summed E-state index contributed by atoms with van der Waals surface area (Å²) in [7, 11) is 1.50. The van der Waals surface area contributed by atoms with E-state index in [1.807, 2.05) is 26.0 Å². The number of amides is 1. The molecule has 0 aliphatic heterocycles. The van der Waals surface area contributed by atoms with Gasteiger partial charge in [-0.25, -0.2) is 0 Å². The highest BCUT2D eigenvalue weighted by Crippen LogP contribution is 2.12. The van der Waals surface area contributed by atoms with E-state index in [2.05, 4.69) is 10.3 Å². The molecule has 1 aromatic rings. The van der Waals surface area contributed by atoms with E-state index in [1.165, 1.54) is 7.11 Å². The van der Waals surface area contributed by atoms with Gasteiger partial charge in [0, 0.05) is 12.8 Å². The van der Waals surface area contributed by atoms with Crippen molar-refractivity contribution in [1.29, 1.82) is 0 Å². The largest absolute Gasteiger partial charge is 0.372 e. The van der Waals surface area contributed by atoms with Crippen LogP contribution in [0.4, 0.5) is 5.69 Å². The Kier molecular flexibility index (Phi) is 3.80. The maximum absolute atomic E-state index is 11.5. The van der Waals surface area contributed by atoms with Gasteiger partial charge in [-0.1, -0.05) is 0 Å². The minimum atomic E-state index is -0.453. The van der Waals surface area contributed by atoms with E-state index in [-0.39, 0.29) is 5.91 Å². The quantitative estimate of drug-likeness (QED) is 0.822. The molecule has 0 saturated carbocycles. The zero-order chi connectivity index (χ0) is 11.4. The number of nitrogens with zero attached hydrogens (tertiary/aromatic N) is 1. The zero-order valence-corrected chi connectivity index (χ0v) is 9.50. The molecule has 1 N–H and O–H groups in total. The van der Waals surface area contributed by atoms with Crippen molar-refractivity contribution in [2.75, 3.05) is 12.4 Å². The molecule has 82 valence electrons. The normalized spacial score (nSPS) is 12.3. The summed E-state index contributed by atoms with van der Waals surface area (Å²) < 4.78 is 4.92. The predicted molar refractivity (Wildman–Crippen MR) is 58.8 cm³/mol. The van der Waals surface area contributed by atoms with E-state index in [0.717, 1.165) is 17.1 Å². The lowest BCUT2D eigenvalue weighted by molar-refractivity contribution is -0.124. The first-order valence-corrected chi connectivity index (χ1v) is 4.82. The lowest BCUT2D eigenvalue weighted by Crippen LogP contribution is -2.27. The van der Waals surface area contributed by atoms with Gasteiger partial charge in [0.05, 0.1) is 11.4 Å². The van der Waals surface area contributed by atoms with Gasteiger partial charge in [-0.05, 0) is 32.9 Å². The molecular weight excluding hydrogens is 192 g/mol. The summed E-state index contributed by atoms with van der Waals surface area (Å²) in [6, 6.07) is 3.71. The molecule has 4 heteroatoms. The third-order valence-electron chi connectivity index (χ3n) is 2.21. The van der Waals surface area contributed by atoms with Crippen molar-refractivity contribution < 1.29 is 9.53 Å². The van der Waals surface area contributed by atoms with Crippen molar-refractivity contribution in [2.45, 2.75) is 26.9 Å². The Morgan fingerprint density at radius 1 is 1.47 bits per heavy atom. The Labute approximate surface area is 89.7 Å². The first kappa shape index (κ1) is 11.7. The van der Waals surface area contributed by atoms with Crippen molar-refractivity contribution in [3.05, 3.63) is 23.5 Å². The fourth-order valence-electron chi connectivity index (χ4n) is 1.16. The summed E-state index contributed by atoms with van der Waals surface area (Å²) >= 11 is 0. The molecule has 1 atom stereocenters. The van der Waals surface area contributed by atoms with Crippen LogP contribution in [-0.2, 0) is 9.53 Å². The topological polar surface area (TPSA) is 51.2 Å². The summed E-state index contributed by atoms with van der Waals surface area (Å²) in [5, 5.41) is 2.76. The van der Waals surface area contributed by atoms with Gasteiger partial charge in [0.1, 0.15) is 6.10 Å². The van der Waals surface area contributed by atoms with Crippen molar-refractivity contribution in [2.24, 2.45) is 0 Å². The number of hydrogen-bond acceptors (Lipinski definition) is 3. The smallest absolute Gasteiger partial charge is 0.253 e. The Morgan fingerprint density at radius 3 is 2.67 bits per heavy atom. The van der Waals surface area contributed by atoms with E-state index in [4.69, 9.17) is 4.74 Å². The van der Waals surface area contributed by atoms with Gasteiger partial charge in [0.25, 0.3) is 5.91 Å². The molecule has 0 aliphatic carbocycles. The minimum Gasteiger partial charge on any atom is -0.372 e. The Balaban J connectivity index is 2.77. The molecule has 1 unspecified atom stereocenters. The number of pyridine rings is 1. The second kappa shape index (κ2) is 4.89. The lowest BCUT2D eigenvalue weighted by atomic mass is 10.2. The van der Waals surface area contributed by atoms with E-state index in [9.17, 15) is 4.79 Å². The highest BCUT2D eigenvalue weighted by molar-refractivity contribution is 5.94. The summed E-state index contributed by atoms with van der Waals surface area (Å²) in [6.45, 7) is 5.47. The predicted octanol–water partition coefficient (Wildman–Crippen LogP) is 1.67. The number of aryl methyl sites for hydroxylation is 2. The third kappa shape index (κ3) is 3.02. The second-order valence-electron chi connectivity index (χ2n) is 3.45. The number of hydrogen-bond donors (Lipinski definition) is 1. The molecule has 0 saturated heterocycles. The van der Waals surface area contributed by atoms with Crippen LogP contribution in [0.15, 0.2) is 12.1 Å². The molecule has 1 amide bonds. The minimum absolute atomic E-state index is 0.161. The van der Waals surface area contributed by atoms with Crippen molar-refractivity contribution in [1.82, 2.24) is 4.98 Å². The summed E-state index contributed by atoms with van der Waals surface area (Å²) in [5.74, 6) is -0.161. The van der Waals surface area contributed by atoms with E-state index in [0.29, 0.717) is 0 Å². The summed E-state index contributed by atoms with van der Waals surface area (Å²) in [5.41, 5.74) is 2.48. The second-order valence-corrected chi connectivity index (χ2v) is 3.45. The average molecular weight is 208 g/mol. The number of ether oxygens (including phenoxy) is 1. The van der Waals surface area contributed by atoms with Crippen LogP contribution in [0.1, 0.15) is 18.3 Å². The molecule has 0 radical (unpaired) electrons. The SMILES string of the molecule is COC(C)C(=O)Nc1ccc(C)nc1C. The van der Waals surface area contributed by atoms with Gasteiger partial charge in [0.15, 0.2) is 0 Å². The molecule has 0 spiro atoms. The molecule has 1 aromatic heterocycles. The fraction of sp³-hybridized carbons (Fsp3) is 0.455. The van der Waals surface area contributed by atoms with E-state index < -0.39 is 6.10 Å². The van der Waals surface area contributed by atoms with Gasteiger partial charge in [0.2, 0.25) is 0 Å². The first-order chi connectivity index (χ1) is 7.04. The molecule has 1 heterocycles. The third-order valence-corrected chi connectivity index (χ3v) is 2.21. The van der Waals surface area contributed by atoms with Gasteiger partial charge < -0.3 is 10.1 Å². The van der Waals surface area contributed by atoms with Crippen LogP contribution < -0.4 is 5.32 Å². The van der Waals surface area contributed by atoms with E-state index >= 15 is 0 Å². The molecule has 4 nitrogen and oxygen atoms in total. The van der Waals surface area contributed by atoms with Crippen LogP contribution >= 0.6 is 0 Å². The van der Waals surface area contributed by atoms with Crippen molar-refractivity contribution in [3.63, 3.8) is 0 Å². The number of carbonyl (C=O) groups excluding carboxylic acids is 1. The van der Waals surface area contributed by atoms with Gasteiger partial charge >= 0.3 is 0 Å². The molecule has 1 rings (SSSR count). The summed E-state index contributed by atoms with van der Waals surface area (Å²) in [4.78, 5) is 15.8. The fourth-order valence-corrected chi connectivity index (χ4v) is 1.16. The highest BCUT2D eigenvalue weighted by atomic mass is 16.5. The average Bonchev–Trinajstić information content (AvgIpc) is 2.20. The Morgan fingerprint density at radius 2 is 2.13 bits per heavy atom. The summed E-state index contributed by atoms with van der Waals surface area (Å²) in [6.07, 6.45) is -0.453. The maximum Gasteiger partial charge on any atom is 0.253 e. The number of methoxy groups -OCH3 is 1. The number of carbonyl (C=O) groups is 1. The molecule has 0 aliphatic rings. The van der Waals surface area contributed by atoms with Crippen LogP contribution in [0.2, 0.25) is 0 Å². The monoisotopic (exact) mass is 208 g/mol. The maximum atomic E-state index is 11.5. The van der Waals surface area contributed by atoms with Crippen molar-refractivity contribution >= 4 is 11.6 Å². The standard InChI is InChI=1S/C11H16N2O2/c1-7-5-6-10(8(2)12-7)13-11(14)9(3)15-4/h5-6,9H,1-4H3,(H,13,14). The number of aromatic nitrogens is 1. The molecule has 0 fully saturated rings. The first-order valence-electron chi connectivity index (χ1n) is 4.82. The van der Waals surface area contributed by atoms with Crippen LogP contribution in [0.3, 0.4) is 0 Å². The highest BCUT2D eigenvalue weighted by Gasteiger charge is 2.12. The molecule has 0 aromatic carbocycles. The molecule has 0 bridgehead atoms. The molecular formula is C11H16N2O2. The van der Waals surface area contributed by atoms with Crippen LogP contribution in [0.25, 0.3) is 0 Å².